The van der Waals surface area contributed by atoms with Crippen molar-refractivity contribution in [2.45, 2.75) is 19.0 Å². The minimum Gasteiger partial charge on any atom is -0.166 e. The number of benzene rings is 1. The largest absolute Gasteiger partial charge is 0.416 e. The molecule has 0 saturated heterocycles. The van der Waals surface area contributed by atoms with Gasteiger partial charge in [0, 0.05) is 18.7 Å². The molecule has 0 unspecified atom stereocenters. The van der Waals surface area contributed by atoms with Crippen LogP contribution in [0.4, 0.5) is 13.2 Å². The molecule has 0 spiro atoms. The first-order valence-corrected chi connectivity index (χ1v) is 6.87. The molecular formula is C12H10ClF3N2S. The van der Waals surface area contributed by atoms with E-state index in [4.69, 9.17) is 11.6 Å². The Labute approximate surface area is 117 Å². The minimum atomic E-state index is -4.30. The van der Waals surface area contributed by atoms with Crippen LogP contribution in [-0.4, -0.2) is 16.1 Å². The molecule has 7 heteroatoms. The van der Waals surface area contributed by atoms with Crippen molar-refractivity contribution in [3.63, 3.8) is 0 Å². The van der Waals surface area contributed by atoms with E-state index in [-0.39, 0.29) is 0 Å². The lowest BCUT2D eigenvalue weighted by molar-refractivity contribution is -0.137. The van der Waals surface area contributed by atoms with E-state index >= 15 is 0 Å². The maximum atomic E-state index is 12.4. The summed E-state index contributed by atoms with van der Waals surface area (Å²) in [6.07, 6.45) is -3.15. The number of aromatic nitrogens is 2. The highest BCUT2D eigenvalue weighted by atomic mass is 35.5. The van der Waals surface area contributed by atoms with Gasteiger partial charge in [0.15, 0.2) is 0 Å². The summed E-state index contributed by atoms with van der Waals surface area (Å²) >= 11 is 7.03. The summed E-state index contributed by atoms with van der Waals surface area (Å²) in [5.41, 5.74) is 0.137. The van der Waals surface area contributed by atoms with Crippen LogP contribution >= 0.6 is 22.9 Å². The predicted molar refractivity (Wildman–Crippen MR) is 68.6 cm³/mol. The number of rotatable bonds is 4. The first-order valence-electron chi connectivity index (χ1n) is 5.52. The molecule has 1 heterocycles. The van der Waals surface area contributed by atoms with Gasteiger partial charge in [0.1, 0.15) is 10.0 Å². The van der Waals surface area contributed by atoms with E-state index in [0.29, 0.717) is 18.7 Å². The molecule has 2 rings (SSSR count). The number of hydrogen-bond acceptors (Lipinski definition) is 3. The van der Waals surface area contributed by atoms with Gasteiger partial charge in [-0.3, -0.25) is 0 Å². The molecule has 0 amide bonds. The smallest absolute Gasteiger partial charge is 0.166 e. The van der Waals surface area contributed by atoms with Crippen LogP contribution in [0.25, 0.3) is 0 Å². The summed E-state index contributed by atoms with van der Waals surface area (Å²) in [5, 5.41) is 9.57. The van der Waals surface area contributed by atoms with E-state index in [1.807, 2.05) is 0 Å². The Morgan fingerprint density at radius 1 is 1.05 bits per heavy atom. The molecule has 1 aromatic carbocycles. The molecule has 1 aromatic heterocycles. The van der Waals surface area contributed by atoms with Crippen LogP contribution in [0.2, 0.25) is 0 Å². The maximum absolute atomic E-state index is 12.4. The highest BCUT2D eigenvalue weighted by molar-refractivity contribution is 7.11. The summed E-state index contributed by atoms with van der Waals surface area (Å²) < 4.78 is 37.2. The molecule has 2 aromatic rings. The Kier molecular flexibility index (Phi) is 4.42. The van der Waals surface area contributed by atoms with E-state index < -0.39 is 11.7 Å². The molecule has 0 saturated carbocycles. The second-order valence-corrected chi connectivity index (χ2v) is 5.42. The van der Waals surface area contributed by atoms with Crippen molar-refractivity contribution in [2.75, 3.05) is 5.88 Å². The van der Waals surface area contributed by atoms with Crippen molar-refractivity contribution in [3.8, 4) is 0 Å². The van der Waals surface area contributed by atoms with Gasteiger partial charge in [-0.05, 0) is 17.7 Å². The summed E-state index contributed by atoms with van der Waals surface area (Å²) in [6.45, 7) is 0. The number of nitrogens with zero attached hydrogens (tertiary/aromatic N) is 2. The lowest BCUT2D eigenvalue weighted by Gasteiger charge is -2.06. The highest BCUT2D eigenvalue weighted by Crippen LogP contribution is 2.29. The van der Waals surface area contributed by atoms with Gasteiger partial charge in [-0.2, -0.15) is 13.2 Å². The molecule has 19 heavy (non-hydrogen) atoms. The molecule has 0 radical (unpaired) electrons. The summed E-state index contributed by atoms with van der Waals surface area (Å²) in [6, 6.07) is 5.09. The fourth-order valence-electron chi connectivity index (χ4n) is 1.53. The normalized spacial score (nSPS) is 11.8. The lowest BCUT2D eigenvalue weighted by atomic mass is 10.1. The number of aryl methyl sites for hydroxylation is 1. The Morgan fingerprint density at radius 2 is 1.68 bits per heavy atom. The van der Waals surface area contributed by atoms with Crippen LogP contribution in [0.1, 0.15) is 21.1 Å². The quantitative estimate of drug-likeness (QED) is 0.800. The second-order valence-electron chi connectivity index (χ2n) is 3.90. The van der Waals surface area contributed by atoms with Crippen molar-refractivity contribution in [2.24, 2.45) is 0 Å². The maximum Gasteiger partial charge on any atom is 0.416 e. The van der Waals surface area contributed by atoms with Gasteiger partial charge in [-0.1, -0.05) is 12.1 Å². The predicted octanol–water partition coefficient (Wildman–Crippen LogP) is 3.93. The van der Waals surface area contributed by atoms with Gasteiger partial charge in [-0.25, -0.2) is 0 Å². The van der Waals surface area contributed by atoms with E-state index in [0.717, 1.165) is 27.7 Å². The molecule has 0 aliphatic heterocycles. The zero-order chi connectivity index (χ0) is 13.9. The van der Waals surface area contributed by atoms with Gasteiger partial charge < -0.3 is 0 Å². The van der Waals surface area contributed by atoms with Crippen LogP contribution in [-0.2, 0) is 19.0 Å². The van der Waals surface area contributed by atoms with Crippen molar-refractivity contribution < 1.29 is 13.2 Å². The average molecular weight is 307 g/mol. The number of halogens is 4. The second kappa shape index (κ2) is 5.88. The SMILES string of the molecule is FC(F)(F)c1ccc(Cc2nnc(CCCl)s2)cc1. The molecule has 0 bridgehead atoms. The van der Waals surface area contributed by atoms with Gasteiger partial charge in [-0.15, -0.1) is 33.1 Å². The summed E-state index contributed by atoms with van der Waals surface area (Å²) in [4.78, 5) is 0. The molecule has 0 aliphatic rings. The van der Waals surface area contributed by atoms with E-state index in [2.05, 4.69) is 10.2 Å². The lowest BCUT2D eigenvalue weighted by Crippen LogP contribution is -2.04. The van der Waals surface area contributed by atoms with Gasteiger partial charge in [0.25, 0.3) is 0 Å². The fraction of sp³-hybridized carbons (Fsp3) is 0.333. The van der Waals surface area contributed by atoms with Crippen LogP contribution < -0.4 is 0 Å². The van der Waals surface area contributed by atoms with Crippen LogP contribution in [0, 0.1) is 0 Å². The van der Waals surface area contributed by atoms with Gasteiger partial charge in [0.2, 0.25) is 0 Å². The molecule has 0 atom stereocenters. The van der Waals surface area contributed by atoms with Crippen LogP contribution in [0.3, 0.4) is 0 Å². The third-order valence-electron chi connectivity index (χ3n) is 2.45. The van der Waals surface area contributed by atoms with Crippen LogP contribution in [0.5, 0.6) is 0 Å². The van der Waals surface area contributed by atoms with Crippen molar-refractivity contribution >= 4 is 22.9 Å². The minimum absolute atomic E-state index is 0.481. The zero-order valence-corrected chi connectivity index (χ0v) is 11.3. The Bertz CT molecular complexity index is 537. The van der Waals surface area contributed by atoms with E-state index in [1.165, 1.54) is 23.5 Å². The molecule has 2 nitrogen and oxygen atoms in total. The Hall–Kier alpha value is -1.14. The van der Waals surface area contributed by atoms with Crippen molar-refractivity contribution in [1.82, 2.24) is 10.2 Å². The van der Waals surface area contributed by atoms with E-state index in [9.17, 15) is 13.2 Å². The monoisotopic (exact) mass is 306 g/mol. The first-order chi connectivity index (χ1) is 8.99. The Morgan fingerprint density at radius 3 is 2.26 bits per heavy atom. The fourth-order valence-corrected chi connectivity index (χ4v) is 2.70. The average Bonchev–Trinajstić information content (AvgIpc) is 2.77. The van der Waals surface area contributed by atoms with Gasteiger partial charge >= 0.3 is 6.18 Å². The van der Waals surface area contributed by atoms with Crippen molar-refractivity contribution in [1.29, 1.82) is 0 Å². The zero-order valence-electron chi connectivity index (χ0n) is 9.75. The molecule has 0 aliphatic carbocycles. The molecular weight excluding hydrogens is 297 g/mol. The number of hydrogen-bond donors (Lipinski definition) is 0. The summed E-state index contributed by atoms with van der Waals surface area (Å²) in [5.74, 6) is 0.481. The Balaban J connectivity index is 2.06. The van der Waals surface area contributed by atoms with Crippen molar-refractivity contribution in [3.05, 3.63) is 45.4 Å². The summed E-state index contributed by atoms with van der Waals surface area (Å²) in [7, 11) is 0. The van der Waals surface area contributed by atoms with E-state index in [1.54, 1.807) is 0 Å². The third kappa shape index (κ3) is 3.91. The number of alkyl halides is 4. The standard InChI is InChI=1S/C12H10ClF3N2S/c13-6-5-10-17-18-11(19-10)7-8-1-3-9(4-2-8)12(14,15)16/h1-4H,5-7H2. The first kappa shape index (κ1) is 14.3. The third-order valence-corrected chi connectivity index (χ3v) is 3.63. The topological polar surface area (TPSA) is 25.8 Å². The molecule has 102 valence electrons. The molecule has 0 fully saturated rings. The van der Waals surface area contributed by atoms with Crippen LogP contribution in [0.15, 0.2) is 24.3 Å². The highest BCUT2D eigenvalue weighted by Gasteiger charge is 2.29. The van der Waals surface area contributed by atoms with Gasteiger partial charge in [0.05, 0.1) is 5.56 Å². The molecule has 0 N–H and O–H groups in total.